The van der Waals surface area contributed by atoms with Crippen LogP contribution in [0.2, 0.25) is 0 Å². The highest BCUT2D eigenvalue weighted by atomic mass is 16.3. The minimum Gasteiger partial charge on any atom is -0.375 e. The number of carbonyl (C=O) groups is 1. The minimum atomic E-state index is -1.40. The maximum Gasteiger partial charge on any atom is 0.159 e. The first-order valence-corrected chi connectivity index (χ1v) is 2.92. The average molecular weight is 136 g/mol. The Morgan fingerprint density at radius 3 is 2.40 bits per heavy atom. The summed E-state index contributed by atoms with van der Waals surface area (Å²) in [6.45, 7) is 3.61. The number of rotatable bonds is 1. The maximum absolute atomic E-state index is 10.2. The first-order chi connectivity index (χ1) is 4.66. The Morgan fingerprint density at radius 2 is 2.00 bits per heavy atom. The van der Waals surface area contributed by atoms with Crippen LogP contribution in [0.4, 0.5) is 0 Å². The summed E-state index contributed by atoms with van der Waals surface area (Å²) in [6, 6.07) is 0. The Kier molecular flexibility index (Phi) is 1.55. The maximum atomic E-state index is 10.2. The predicted octanol–water partition coefficient (Wildman–Crippen LogP) is 0.599. The monoisotopic (exact) mass is 136 g/mol. The highest BCUT2D eigenvalue weighted by Crippen LogP contribution is 2.14. The van der Waals surface area contributed by atoms with Gasteiger partial charge in [0, 0.05) is 0 Å². The third kappa shape index (κ3) is 1.22. The first-order valence-electron chi connectivity index (χ1n) is 2.92. The lowest BCUT2D eigenvalue weighted by Crippen LogP contribution is -2.25. The lowest BCUT2D eigenvalue weighted by molar-refractivity contribution is -0.116. The zero-order valence-electron chi connectivity index (χ0n) is 5.45. The van der Waals surface area contributed by atoms with E-state index in [-0.39, 0.29) is 0 Å². The molecule has 0 saturated heterocycles. The molecular weight excluding hydrogens is 128 g/mol. The second kappa shape index (κ2) is 2.23. The summed E-state index contributed by atoms with van der Waals surface area (Å²) >= 11 is 0. The van der Waals surface area contributed by atoms with E-state index in [0.29, 0.717) is 6.29 Å². The number of allylic oxidation sites excluding steroid dienone is 3. The lowest BCUT2D eigenvalue weighted by atomic mass is 9.98. The van der Waals surface area contributed by atoms with E-state index >= 15 is 0 Å². The molecule has 0 unspecified atom stereocenters. The normalized spacial score (nSPS) is 21.1. The minimum absolute atomic E-state index is 0.479. The molecule has 52 valence electrons. The summed E-state index contributed by atoms with van der Waals surface area (Å²) in [5.74, 6) is 0. The van der Waals surface area contributed by atoms with Crippen LogP contribution in [0, 0.1) is 0 Å². The van der Waals surface area contributed by atoms with Crippen molar-refractivity contribution in [3.8, 4) is 0 Å². The van der Waals surface area contributed by atoms with Crippen molar-refractivity contribution < 1.29 is 9.90 Å². The van der Waals surface area contributed by atoms with E-state index in [1.54, 1.807) is 12.2 Å². The fourth-order valence-electron chi connectivity index (χ4n) is 0.671. The van der Waals surface area contributed by atoms with E-state index < -0.39 is 5.60 Å². The van der Waals surface area contributed by atoms with Gasteiger partial charge in [-0.3, -0.25) is 4.79 Å². The fourth-order valence-corrected chi connectivity index (χ4v) is 0.671. The molecule has 1 N–H and O–H groups in total. The molecule has 0 radical (unpaired) electrons. The number of carbonyl (C=O) groups excluding carboxylic acids is 1. The second-order valence-electron chi connectivity index (χ2n) is 2.25. The zero-order valence-corrected chi connectivity index (χ0v) is 5.45. The van der Waals surface area contributed by atoms with Crippen molar-refractivity contribution in [3.05, 3.63) is 36.5 Å². The van der Waals surface area contributed by atoms with Crippen molar-refractivity contribution >= 4 is 6.29 Å². The first kappa shape index (κ1) is 6.96. The molecule has 1 rings (SSSR count). The molecular formula is C8H8O2. The molecule has 0 amide bonds. The van der Waals surface area contributed by atoms with Crippen molar-refractivity contribution in [1.29, 1.82) is 0 Å². The van der Waals surface area contributed by atoms with Gasteiger partial charge < -0.3 is 5.11 Å². The Morgan fingerprint density at radius 1 is 1.50 bits per heavy atom. The zero-order chi connectivity index (χ0) is 7.61. The summed E-state index contributed by atoms with van der Waals surface area (Å²) in [7, 11) is 0. The van der Waals surface area contributed by atoms with Crippen molar-refractivity contribution in [2.24, 2.45) is 0 Å². The molecule has 0 spiro atoms. The third-order valence-corrected chi connectivity index (χ3v) is 1.32. The Bertz CT molecular complexity index is 207. The van der Waals surface area contributed by atoms with Gasteiger partial charge in [-0.2, -0.15) is 0 Å². The van der Waals surface area contributed by atoms with Crippen LogP contribution in [-0.4, -0.2) is 17.0 Å². The van der Waals surface area contributed by atoms with Gasteiger partial charge in [0.25, 0.3) is 0 Å². The molecule has 0 aromatic carbocycles. The smallest absolute Gasteiger partial charge is 0.159 e. The molecule has 0 fully saturated rings. The van der Waals surface area contributed by atoms with Gasteiger partial charge in [-0.25, -0.2) is 0 Å². The quantitative estimate of drug-likeness (QED) is 0.536. The number of aldehydes is 1. The molecule has 1 aliphatic rings. The van der Waals surface area contributed by atoms with Crippen LogP contribution in [-0.2, 0) is 4.79 Å². The van der Waals surface area contributed by atoms with E-state index in [0.717, 1.165) is 5.57 Å². The van der Waals surface area contributed by atoms with E-state index in [1.807, 2.05) is 0 Å². The van der Waals surface area contributed by atoms with Gasteiger partial charge in [0.2, 0.25) is 0 Å². The van der Waals surface area contributed by atoms with E-state index in [2.05, 4.69) is 6.58 Å². The molecule has 0 heterocycles. The van der Waals surface area contributed by atoms with Gasteiger partial charge >= 0.3 is 0 Å². The topological polar surface area (TPSA) is 37.3 Å². The van der Waals surface area contributed by atoms with Crippen LogP contribution in [0.25, 0.3) is 0 Å². The van der Waals surface area contributed by atoms with Gasteiger partial charge in [0.15, 0.2) is 11.9 Å². The van der Waals surface area contributed by atoms with Crippen LogP contribution in [0.1, 0.15) is 0 Å². The molecule has 0 bridgehead atoms. The van der Waals surface area contributed by atoms with Crippen LogP contribution < -0.4 is 0 Å². The number of hydrogen-bond acceptors (Lipinski definition) is 2. The molecule has 0 aliphatic heterocycles. The number of aliphatic hydroxyl groups is 1. The van der Waals surface area contributed by atoms with E-state index in [1.165, 1.54) is 12.2 Å². The fraction of sp³-hybridized carbons (Fsp3) is 0.125. The average Bonchev–Trinajstić information content (AvgIpc) is 1.96. The predicted molar refractivity (Wildman–Crippen MR) is 38.4 cm³/mol. The van der Waals surface area contributed by atoms with Gasteiger partial charge in [-0.1, -0.05) is 18.7 Å². The largest absolute Gasteiger partial charge is 0.375 e. The summed E-state index contributed by atoms with van der Waals surface area (Å²) in [6.07, 6.45) is 6.50. The molecule has 0 aromatic rings. The van der Waals surface area contributed by atoms with Gasteiger partial charge in [0.1, 0.15) is 0 Å². The van der Waals surface area contributed by atoms with E-state index in [4.69, 9.17) is 0 Å². The molecule has 2 heteroatoms. The summed E-state index contributed by atoms with van der Waals surface area (Å²) in [4.78, 5) is 10.2. The van der Waals surface area contributed by atoms with Crippen LogP contribution >= 0.6 is 0 Å². The van der Waals surface area contributed by atoms with Crippen LogP contribution in [0.5, 0.6) is 0 Å². The van der Waals surface area contributed by atoms with Crippen molar-refractivity contribution in [2.45, 2.75) is 5.60 Å². The van der Waals surface area contributed by atoms with Gasteiger partial charge in [-0.15, -0.1) is 0 Å². The summed E-state index contributed by atoms with van der Waals surface area (Å²) in [5.41, 5.74) is -0.618. The molecule has 0 atom stereocenters. The highest BCUT2D eigenvalue weighted by Gasteiger charge is 2.19. The lowest BCUT2D eigenvalue weighted by Gasteiger charge is -2.14. The molecule has 0 saturated carbocycles. The van der Waals surface area contributed by atoms with Crippen molar-refractivity contribution in [2.75, 3.05) is 0 Å². The Balaban J connectivity index is 2.88. The highest BCUT2D eigenvalue weighted by molar-refractivity contribution is 5.71. The van der Waals surface area contributed by atoms with Crippen molar-refractivity contribution in [1.82, 2.24) is 0 Å². The van der Waals surface area contributed by atoms with E-state index in [9.17, 15) is 9.90 Å². The summed E-state index contributed by atoms with van der Waals surface area (Å²) in [5, 5.41) is 9.22. The Labute approximate surface area is 59.2 Å². The van der Waals surface area contributed by atoms with Crippen LogP contribution in [0.15, 0.2) is 36.5 Å². The second-order valence-corrected chi connectivity index (χ2v) is 2.25. The number of hydrogen-bond donors (Lipinski definition) is 1. The SMILES string of the molecule is C=C1C=CC(O)(C=O)C=C1. The third-order valence-electron chi connectivity index (χ3n) is 1.32. The standard InChI is InChI=1S/C8H8O2/c1-7-2-4-8(10,6-9)5-3-7/h2-6,10H,1H2. The van der Waals surface area contributed by atoms with Crippen molar-refractivity contribution in [3.63, 3.8) is 0 Å². The molecule has 2 nitrogen and oxygen atoms in total. The molecule has 1 aliphatic carbocycles. The molecule has 0 aromatic heterocycles. The van der Waals surface area contributed by atoms with Gasteiger partial charge in [0.05, 0.1) is 0 Å². The Hall–Kier alpha value is -1.15. The molecule has 10 heavy (non-hydrogen) atoms. The summed E-state index contributed by atoms with van der Waals surface area (Å²) < 4.78 is 0. The van der Waals surface area contributed by atoms with Gasteiger partial charge in [-0.05, 0) is 17.7 Å². The van der Waals surface area contributed by atoms with Crippen LogP contribution in [0.3, 0.4) is 0 Å².